The second kappa shape index (κ2) is 8.59. The lowest BCUT2D eigenvalue weighted by molar-refractivity contribution is 0.311. The van der Waals surface area contributed by atoms with Gasteiger partial charge in [-0.2, -0.15) is 20.1 Å². The third kappa shape index (κ3) is 4.90. The van der Waals surface area contributed by atoms with Crippen LogP contribution in [0.1, 0.15) is 17.1 Å². The Morgan fingerprint density at radius 3 is 2.59 bits per heavy atom. The fourth-order valence-corrected chi connectivity index (χ4v) is 3.23. The van der Waals surface area contributed by atoms with Gasteiger partial charge in [-0.05, 0) is 37.8 Å². The van der Waals surface area contributed by atoms with Crippen molar-refractivity contribution in [3.8, 4) is 0 Å². The Morgan fingerprint density at radius 1 is 1.07 bits per heavy atom. The van der Waals surface area contributed by atoms with Crippen LogP contribution in [-0.4, -0.2) is 63.3 Å². The van der Waals surface area contributed by atoms with Gasteiger partial charge in [0, 0.05) is 43.0 Å². The van der Waals surface area contributed by atoms with Crippen molar-refractivity contribution in [1.82, 2.24) is 30.0 Å². The summed E-state index contributed by atoms with van der Waals surface area (Å²) >= 11 is 6.26. The zero-order chi connectivity index (χ0) is 20.2. The molecule has 1 fully saturated rings. The molecule has 150 valence electrons. The van der Waals surface area contributed by atoms with Crippen LogP contribution in [0.3, 0.4) is 0 Å². The van der Waals surface area contributed by atoms with Crippen molar-refractivity contribution in [2.45, 2.75) is 6.92 Å². The zero-order valence-electron chi connectivity index (χ0n) is 16.4. The number of halogens is 1. The molecule has 0 spiro atoms. The molecule has 0 saturated carbocycles. The van der Waals surface area contributed by atoms with E-state index in [0.29, 0.717) is 28.6 Å². The molecule has 29 heavy (non-hydrogen) atoms. The van der Waals surface area contributed by atoms with E-state index in [1.165, 1.54) is 0 Å². The lowest BCUT2D eigenvalue weighted by Crippen LogP contribution is -2.45. The number of aryl methyl sites for hydroxylation is 1. The van der Waals surface area contributed by atoms with Gasteiger partial charge in [0.05, 0.1) is 0 Å². The van der Waals surface area contributed by atoms with Gasteiger partial charge >= 0.3 is 0 Å². The third-order valence-electron chi connectivity index (χ3n) is 4.69. The third-order valence-corrected chi connectivity index (χ3v) is 5.03. The van der Waals surface area contributed by atoms with Crippen LogP contribution in [0, 0.1) is 6.92 Å². The number of hydrogen-bond donors (Lipinski definition) is 2. The van der Waals surface area contributed by atoms with Crippen LogP contribution >= 0.6 is 11.6 Å². The molecule has 1 aliphatic heterocycles. The van der Waals surface area contributed by atoms with Gasteiger partial charge in [-0.1, -0.05) is 29.8 Å². The number of nitrogens with one attached hydrogen (secondary N) is 2. The van der Waals surface area contributed by atoms with Gasteiger partial charge in [0.2, 0.25) is 11.9 Å². The molecule has 8 nitrogen and oxygen atoms in total. The minimum atomic E-state index is 0.458. The number of H-pyrrole nitrogens is 1. The SMILES string of the molecule is Cc1cc(Nc2nc(/C=C/c3ccccc3Cl)nc(N3CCN(C)CC3)n2)n[nH]1. The summed E-state index contributed by atoms with van der Waals surface area (Å²) in [7, 11) is 2.12. The Balaban J connectivity index is 1.64. The van der Waals surface area contributed by atoms with E-state index in [4.69, 9.17) is 11.6 Å². The predicted molar refractivity (Wildman–Crippen MR) is 117 cm³/mol. The standard InChI is InChI=1S/C20H23ClN8/c1-14-13-18(27-26-14)23-19-22-17(8-7-15-5-3-4-6-16(15)21)24-20(25-19)29-11-9-28(2)10-12-29/h3-8,13H,9-12H2,1-2H3,(H2,22,23,24,25,26,27)/b8-7+. The highest BCUT2D eigenvalue weighted by molar-refractivity contribution is 6.32. The molecule has 1 aromatic carbocycles. The topological polar surface area (TPSA) is 85.9 Å². The van der Waals surface area contributed by atoms with E-state index in [0.717, 1.165) is 37.4 Å². The molecule has 0 amide bonds. The highest BCUT2D eigenvalue weighted by Gasteiger charge is 2.18. The van der Waals surface area contributed by atoms with Crippen LogP contribution in [0.4, 0.5) is 17.7 Å². The van der Waals surface area contributed by atoms with E-state index < -0.39 is 0 Å². The summed E-state index contributed by atoms with van der Waals surface area (Å²) in [5.74, 6) is 2.34. The molecular weight excluding hydrogens is 388 g/mol. The highest BCUT2D eigenvalue weighted by Crippen LogP contribution is 2.20. The fraction of sp³-hybridized carbons (Fsp3) is 0.300. The molecule has 4 rings (SSSR count). The van der Waals surface area contributed by atoms with Gasteiger partial charge in [0.15, 0.2) is 11.6 Å². The van der Waals surface area contributed by atoms with E-state index in [9.17, 15) is 0 Å². The van der Waals surface area contributed by atoms with Crippen molar-refractivity contribution in [1.29, 1.82) is 0 Å². The Hall–Kier alpha value is -2.97. The Kier molecular flexibility index (Phi) is 5.73. The molecule has 2 N–H and O–H groups in total. The molecule has 0 radical (unpaired) electrons. The summed E-state index contributed by atoms with van der Waals surface area (Å²) in [6, 6.07) is 9.56. The van der Waals surface area contributed by atoms with E-state index in [-0.39, 0.29) is 0 Å². The maximum atomic E-state index is 6.26. The summed E-state index contributed by atoms with van der Waals surface area (Å²) < 4.78 is 0. The Morgan fingerprint density at radius 2 is 1.86 bits per heavy atom. The van der Waals surface area contributed by atoms with Crippen LogP contribution in [0.5, 0.6) is 0 Å². The molecule has 1 aliphatic rings. The number of aromatic amines is 1. The predicted octanol–water partition coefficient (Wildman–Crippen LogP) is 3.22. The van der Waals surface area contributed by atoms with Gasteiger partial charge in [-0.15, -0.1) is 0 Å². The Labute approximate surface area is 174 Å². The Bertz CT molecular complexity index is 1010. The molecular formula is C20H23ClN8. The molecule has 0 aliphatic carbocycles. The lowest BCUT2D eigenvalue weighted by atomic mass is 10.2. The summed E-state index contributed by atoms with van der Waals surface area (Å²) in [6.45, 7) is 5.62. The first-order valence-corrected chi connectivity index (χ1v) is 9.86. The van der Waals surface area contributed by atoms with Crippen molar-refractivity contribution >= 4 is 41.5 Å². The summed E-state index contributed by atoms with van der Waals surface area (Å²) in [5.41, 5.74) is 1.87. The summed E-state index contributed by atoms with van der Waals surface area (Å²) in [4.78, 5) is 18.3. The van der Waals surface area contributed by atoms with Crippen molar-refractivity contribution in [3.63, 3.8) is 0 Å². The van der Waals surface area contributed by atoms with Crippen LogP contribution in [0.2, 0.25) is 5.02 Å². The second-order valence-electron chi connectivity index (χ2n) is 7.02. The fourth-order valence-electron chi connectivity index (χ4n) is 3.03. The average Bonchev–Trinajstić information content (AvgIpc) is 3.12. The summed E-state index contributed by atoms with van der Waals surface area (Å²) in [5, 5.41) is 11.0. The van der Waals surface area contributed by atoms with Crippen LogP contribution in [-0.2, 0) is 0 Å². The number of nitrogens with zero attached hydrogens (tertiary/aromatic N) is 6. The number of hydrogen-bond acceptors (Lipinski definition) is 7. The number of likely N-dealkylation sites (N-methyl/N-ethyl adjacent to an activating group) is 1. The van der Waals surface area contributed by atoms with Crippen LogP contribution in [0.15, 0.2) is 30.3 Å². The molecule has 3 heterocycles. The van der Waals surface area contributed by atoms with Crippen molar-refractivity contribution < 1.29 is 0 Å². The van der Waals surface area contributed by atoms with E-state index >= 15 is 0 Å². The molecule has 3 aromatic rings. The highest BCUT2D eigenvalue weighted by atomic mass is 35.5. The maximum Gasteiger partial charge on any atom is 0.233 e. The molecule has 0 bridgehead atoms. The first kappa shape index (κ1) is 19.4. The largest absolute Gasteiger partial charge is 0.338 e. The van der Waals surface area contributed by atoms with E-state index in [1.807, 2.05) is 49.4 Å². The van der Waals surface area contributed by atoms with Crippen LogP contribution < -0.4 is 10.2 Å². The molecule has 0 unspecified atom stereocenters. The average molecular weight is 411 g/mol. The maximum absolute atomic E-state index is 6.26. The number of rotatable bonds is 5. The van der Waals surface area contributed by atoms with E-state index in [1.54, 1.807) is 0 Å². The normalized spacial score (nSPS) is 15.2. The van der Waals surface area contributed by atoms with Crippen LogP contribution in [0.25, 0.3) is 12.2 Å². The zero-order valence-corrected chi connectivity index (χ0v) is 17.2. The first-order valence-electron chi connectivity index (χ1n) is 9.48. The minimum absolute atomic E-state index is 0.458. The van der Waals surface area contributed by atoms with Crippen molar-refractivity contribution in [2.75, 3.05) is 43.4 Å². The van der Waals surface area contributed by atoms with Gasteiger partial charge in [-0.25, -0.2) is 0 Å². The molecule has 9 heteroatoms. The van der Waals surface area contributed by atoms with Gasteiger partial charge in [0.25, 0.3) is 0 Å². The monoisotopic (exact) mass is 410 g/mol. The number of aromatic nitrogens is 5. The van der Waals surface area contributed by atoms with Gasteiger partial charge < -0.3 is 15.1 Å². The second-order valence-corrected chi connectivity index (χ2v) is 7.43. The van der Waals surface area contributed by atoms with Crippen molar-refractivity contribution in [2.24, 2.45) is 0 Å². The van der Waals surface area contributed by atoms with Gasteiger partial charge in [0.1, 0.15) is 0 Å². The summed E-state index contributed by atoms with van der Waals surface area (Å²) in [6.07, 6.45) is 3.76. The van der Waals surface area contributed by atoms with Gasteiger partial charge in [-0.3, -0.25) is 5.10 Å². The smallest absolute Gasteiger partial charge is 0.233 e. The number of benzene rings is 1. The molecule has 2 aromatic heterocycles. The lowest BCUT2D eigenvalue weighted by Gasteiger charge is -2.32. The van der Waals surface area contributed by atoms with Crippen molar-refractivity contribution in [3.05, 3.63) is 52.4 Å². The molecule has 0 atom stereocenters. The first-order chi connectivity index (χ1) is 14.1. The quantitative estimate of drug-likeness (QED) is 0.667. The number of piperazine rings is 1. The molecule has 1 saturated heterocycles. The number of anilines is 3. The minimum Gasteiger partial charge on any atom is -0.338 e. The van der Waals surface area contributed by atoms with E-state index in [2.05, 4.69) is 47.3 Å².